The number of carbonyl (C=O) groups excluding carboxylic acids is 4. The van der Waals surface area contributed by atoms with Crippen LogP contribution < -0.4 is 22.3 Å². The van der Waals surface area contributed by atoms with Crippen molar-refractivity contribution in [1.82, 2.24) is 14.5 Å². The lowest BCUT2D eigenvalue weighted by molar-refractivity contribution is -0.146. The fourth-order valence-corrected chi connectivity index (χ4v) is 3.84. The van der Waals surface area contributed by atoms with Gasteiger partial charge >= 0.3 is 17.6 Å². The number of methoxy groups -OCH3 is 1. The summed E-state index contributed by atoms with van der Waals surface area (Å²) in [7, 11) is 1.08. The van der Waals surface area contributed by atoms with E-state index in [4.69, 9.17) is 10.5 Å². The number of ether oxygens (including phenoxy) is 2. The molecule has 1 heterocycles. The predicted molar refractivity (Wildman–Crippen MR) is 145 cm³/mol. The van der Waals surface area contributed by atoms with Crippen LogP contribution in [0.4, 0.5) is 5.82 Å². The minimum Gasteiger partial charge on any atom is -0.468 e. The molecule has 0 saturated carbocycles. The minimum absolute atomic E-state index is 0.103. The minimum atomic E-state index is -1.13. The van der Waals surface area contributed by atoms with Crippen LogP contribution in [0, 0.1) is 5.92 Å². The predicted octanol–water partition coefficient (Wildman–Crippen LogP) is 0.994. The van der Waals surface area contributed by atoms with Crippen LogP contribution in [0.5, 0.6) is 0 Å². The number of nitrogens with zero attached hydrogens (tertiary/aromatic N) is 2. The van der Waals surface area contributed by atoms with E-state index in [2.05, 4.69) is 10.1 Å². The normalized spacial score (nSPS) is 11.5. The molecule has 1 aromatic heterocycles. The van der Waals surface area contributed by atoms with Crippen LogP contribution in [0.1, 0.15) is 40.1 Å². The first kappa shape index (κ1) is 29.6. The molecule has 0 bridgehead atoms. The number of rotatable bonds is 11. The van der Waals surface area contributed by atoms with Crippen molar-refractivity contribution >= 4 is 29.4 Å². The topological polar surface area (TPSA) is 169 Å². The zero-order valence-corrected chi connectivity index (χ0v) is 22.3. The third-order valence-electron chi connectivity index (χ3n) is 6.03. The van der Waals surface area contributed by atoms with Crippen LogP contribution in [-0.4, -0.2) is 52.5 Å². The van der Waals surface area contributed by atoms with Crippen LogP contribution in [0.3, 0.4) is 0 Å². The molecular weight excluding hydrogens is 520 g/mol. The highest BCUT2D eigenvalue weighted by molar-refractivity contribution is 6.02. The molecule has 3 rings (SSSR count). The summed E-state index contributed by atoms with van der Waals surface area (Å²) in [5.41, 5.74) is 4.42. The van der Waals surface area contributed by atoms with Crippen LogP contribution >= 0.6 is 0 Å². The lowest BCUT2D eigenvalue weighted by Crippen LogP contribution is -2.47. The third kappa shape index (κ3) is 6.90. The highest BCUT2D eigenvalue weighted by Gasteiger charge is 2.29. The second-order valence-corrected chi connectivity index (χ2v) is 9.17. The van der Waals surface area contributed by atoms with Crippen molar-refractivity contribution in [3.63, 3.8) is 0 Å². The fourth-order valence-electron chi connectivity index (χ4n) is 3.84. The molecule has 0 fully saturated rings. The van der Waals surface area contributed by atoms with Gasteiger partial charge in [0.15, 0.2) is 6.61 Å². The lowest BCUT2D eigenvalue weighted by Gasteiger charge is -2.21. The van der Waals surface area contributed by atoms with Crippen molar-refractivity contribution in [2.24, 2.45) is 5.92 Å². The first-order valence-corrected chi connectivity index (χ1v) is 12.3. The van der Waals surface area contributed by atoms with Gasteiger partial charge in [0.05, 0.1) is 13.7 Å². The SMILES string of the molecule is COC(=O)Cn1c(=O)c(C(=O)COC(=O)[C@@H](NC(=O)c2ccccc2)C(C)C)c(N)n(Cc2ccccc2)c1=O. The molecule has 12 nitrogen and oxygen atoms in total. The zero-order chi connectivity index (χ0) is 29.4. The second-order valence-electron chi connectivity index (χ2n) is 9.17. The van der Waals surface area contributed by atoms with Crippen LogP contribution in [0.2, 0.25) is 0 Å². The molecule has 3 N–H and O–H groups in total. The molecule has 0 aliphatic rings. The summed E-state index contributed by atoms with van der Waals surface area (Å²) >= 11 is 0. The lowest BCUT2D eigenvalue weighted by atomic mass is 10.0. The summed E-state index contributed by atoms with van der Waals surface area (Å²) in [5.74, 6) is -4.14. The Morgan fingerprint density at radius 2 is 1.52 bits per heavy atom. The monoisotopic (exact) mass is 550 g/mol. The Hall–Kier alpha value is -5.00. The van der Waals surface area contributed by atoms with Crippen molar-refractivity contribution in [3.05, 3.63) is 98.2 Å². The van der Waals surface area contributed by atoms with Crippen molar-refractivity contribution in [2.75, 3.05) is 19.5 Å². The number of carbonyl (C=O) groups is 4. The number of Topliss-reactive ketones (excluding diaryl/α,β-unsaturated/α-hetero) is 1. The van der Waals surface area contributed by atoms with Gasteiger partial charge in [-0.15, -0.1) is 0 Å². The van der Waals surface area contributed by atoms with Gasteiger partial charge in [-0.25, -0.2) is 14.2 Å². The van der Waals surface area contributed by atoms with Crippen LogP contribution in [0.25, 0.3) is 0 Å². The van der Waals surface area contributed by atoms with Gasteiger partial charge in [-0.3, -0.25) is 23.7 Å². The summed E-state index contributed by atoms with van der Waals surface area (Å²) in [6.45, 7) is 1.60. The smallest absolute Gasteiger partial charge is 0.333 e. The number of anilines is 1. The number of benzene rings is 2. The van der Waals surface area contributed by atoms with Gasteiger partial charge in [-0.1, -0.05) is 62.4 Å². The number of amides is 1. The number of nitrogens with one attached hydrogen (secondary N) is 1. The number of nitrogens with two attached hydrogens (primary N) is 1. The van der Waals surface area contributed by atoms with Crippen molar-refractivity contribution < 1.29 is 28.7 Å². The maximum Gasteiger partial charge on any atom is 0.333 e. The number of hydrogen-bond acceptors (Lipinski definition) is 9. The summed E-state index contributed by atoms with van der Waals surface area (Å²) in [6.07, 6.45) is 0. The number of hydrogen-bond donors (Lipinski definition) is 2. The molecule has 40 heavy (non-hydrogen) atoms. The van der Waals surface area contributed by atoms with E-state index < -0.39 is 71.4 Å². The summed E-state index contributed by atoms with van der Waals surface area (Å²) in [5, 5.41) is 2.59. The molecule has 0 aliphatic heterocycles. The number of ketones is 1. The Kier molecular flexibility index (Phi) is 9.74. The van der Waals surface area contributed by atoms with E-state index in [9.17, 15) is 28.8 Å². The van der Waals surface area contributed by atoms with E-state index in [0.29, 0.717) is 15.7 Å². The number of esters is 2. The molecule has 3 aromatic rings. The van der Waals surface area contributed by atoms with Crippen molar-refractivity contribution in [2.45, 2.75) is 33.0 Å². The maximum absolute atomic E-state index is 13.2. The van der Waals surface area contributed by atoms with E-state index in [1.165, 1.54) is 0 Å². The molecule has 2 aromatic carbocycles. The van der Waals surface area contributed by atoms with E-state index in [1.54, 1.807) is 74.5 Å². The van der Waals surface area contributed by atoms with Crippen LogP contribution in [-0.2, 0) is 32.2 Å². The summed E-state index contributed by atoms with van der Waals surface area (Å²) in [4.78, 5) is 76.7. The summed E-state index contributed by atoms with van der Waals surface area (Å²) < 4.78 is 11.3. The van der Waals surface area contributed by atoms with E-state index >= 15 is 0 Å². The van der Waals surface area contributed by atoms with Crippen LogP contribution in [0.15, 0.2) is 70.3 Å². The quantitative estimate of drug-likeness (QED) is 0.261. The first-order valence-electron chi connectivity index (χ1n) is 12.3. The highest BCUT2D eigenvalue weighted by atomic mass is 16.5. The molecule has 0 aliphatic carbocycles. The largest absolute Gasteiger partial charge is 0.468 e. The van der Waals surface area contributed by atoms with Gasteiger partial charge in [0.2, 0.25) is 5.78 Å². The Morgan fingerprint density at radius 3 is 2.10 bits per heavy atom. The Bertz CT molecular complexity index is 1510. The molecule has 1 amide bonds. The molecule has 210 valence electrons. The Morgan fingerprint density at radius 1 is 0.925 bits per heavy atom. The average molecular weight is 551 g/mol. The van der Waals surface area contributed by atoms with E-state index in [-0.39, 0.29) is 6.54 Å². The van der Waals surface area contributed by atoms with Gasteiger partial charge in [0.1, 0.15) is 24.0 Å². The van der Waals surface area contributed by atoms with Gasteiger partial charge in [0.25, 0.3) is 11.5 Å². The number of nitrogen functional groups attached to an aromatic ring is 1. The summed E-state index contributed by atoms with van der Waals surface area (Å²) in [6, 6.07) is 15.8. The zero-order valence-electron chi connectivity index (χ0n) is 22.3. The van der Waals surface area contributed by atoms with Crippen molar-refractivity contribution in [3.8, 4) is 0 Å². The first-order chi connectivity index (χ1) is 19.0. The van der Waals surface area contributed by atoms with Gasteiger partial charge < -0.3 is 20.5 Å². The molecule has 0 radical (unpaired) electrons. The molecular formula is C28H30N4O8. The molecule has 12 heteroatoms. The van der Waals surface area contributed by atoms with E-state index in [1.807, 2.05) is 0 Å². The second kappa shape index (κ2) is 13.2. The average Bonchev–Trinajstić information content (AvgIpc) is 2.95. The fraction of sp³-hybridized carbons (Fsp3) is 0.286. The maximum atomic E-state index is 13.2. The van der Waals surface area contributed by atoms with E-state index in [0.717, 1.165) is 11.7 Å². The third-order valence-corrected chi connectivity index (χ3v) is 6.03. The molecule has 0 saturated heterocycles. The standard InChI is InChI=1S/C28H30N4O8/c1-17(2)23(30-25(35)19-12-8-5-9-13-19)27(37)40-16-20(33)22-24(29)31(14-18-10-6-4-7-11-18)28(38)32(26(22)36)15-21(34)39-3/h4-13,17,23H,14-16,29H2,1-3H3,(H,30,35)/t23-/m0/s1. The van der Waals surface area contributed by atoms with Crippen molar-refractivity contribution in [1.29, 1.82) is 0 Å². The Balaban J connectivity index is 1.89. The molecule has 1 atom stereocenters. The Labute approximate surface area is 229 Å². The molecule has 0 spiro atoms. The van der Waals surface area contributed by atoms with Gasteiger partial charge in [-0.2, -0.15) is 0 Å². The van der Waals surface area contributed by atoms with Gasteiger partial charge in [0, 0.05) is 5.56 Å². The molecule has 0 unspecified atom stereocenters. The van der Waals surface area contributed by atoms with Gasteiger partial charge in [-0.05, 0) is 23.6 Å². The highest BCUT2D eigenvalue weighted by Crippen LogP contribution is 2.12. The number of aromatic nitrogens is 2.